The Morgan fingerprint density at radius 1 is 1.53 bits per heavy atom. The maximum atomic E-state index is 11.0. The second-order valence-electron chi connectivity index (χ2n) is 3.45. The van der Waals surface area contributed by atoms with Crippen LogP contribution in [0.4, 0.5) is 5.69 Å². The van der Waals surface area contributed by atoms with Crippen molar-refractivity contribution in [3.63, 3.8) is 0 Å². The van der Waals surface area contributed by atoms with Crippen LogP contribution < -0.4 is 10.1 Å². The maximum Gasteiger partial charge on any atom is 0.221 e. The van der Waals surface area contributed by atoms with Crippen LogP contribution in [0, 0.1) is 0 Å². The Labute approximate surface area is 87.2 Å². The number of amides is 1. The first-order valence-corrected chi connectivity index (χ1v) is 4.73. The molecular weight excluding hydrogens is 194 g/mol. The molecule has 0 radical (unpaired) electrons. The van der Waals surface area contributed by atoms with Crippen molar-refractivity contribution in [2.45, 2.75) is 13.3 Å². The number of hydrogen-bond acceptors (Lipinski definition) is 3. The lowest BCUT2D eigenvalue weighted by Crippen LogP contribution is -2.07. The van der Waals surface area contributed by atoms with E-state index in [4.69, 9.17) is 4.74 Å². The molecule has 0 aliphatic carbocycles. The second-order valence-corrected chi connectivity index (χ2v) is 3.45. The Balaban J connectivity index is 2.46. The van der Waals surface area contributed by atoms with Crippen LogP contribution in [0.2, 0.25) is 0 Å². The summed E-state index contributed by atoms with van der Waals surface area (Å²) < 4.78 is 5.40. The Bertz CT molecular complexity index is 426. The van der Waals surface area contributed by atoms with Gasteiger partial charge in [-0.3, -0.25) is 9.59 Å². The van der Waals surface area contributed by atoms with Gasteiger partial charge in [0.05, 0.1) is 12.3 Å². The first-order valence-electron chi connectivity index (χ1n) is 4.73. The highest BCUT2D eigenvalue weighted by atomic mass is 16.5. The molecule has 1 amide bonds. The summed E-state index contributed by atoms with van der Waals surface area (Å²) >= 11 is 0. The van der Waals surface area contributed by atoms with Crippen LogP contribution in [0.15, 0.2) is 12.1 Å². The highest BCUT2D eigenvalue weighted by molar-refractivity contribution is 5.92. The van der Waals surface area contributed by atoms with Crippen molar-refractivity contribution in [3.05, 3.63) is 23.3 Å². The van der Waals surface area contributed by atoms with Crippen molar-refractivity contribution in [2.75, 3.05) is 11.9 Å². The molecule has 0 saturated heterocycles. The van der Waals surface area contributed by atoms with Gasteiger partial charge in [0.2, 0.25) is 5.91 Å². The third-order valence-corrected chi connectivity index (χ3v) is 2.25. The predicted molar refractivity (Wildman–Crippen MR) is 55.3 cm³/mol. The molecule has 1 aliphatic heterocycles. The molecule has 4 nitrogen and oxygen atoms in total. The van der Waals surface area contributed by atoms with Crippen LogP contribution in [-0.4, -0.2) is 18.8 Å². The van der Waals surface area contributed by atoms with Crippen molar-refractivity contribution in [1.29, 1.82) is 0 Å². The lowest BCUT2D eigenvalue weighted by atomic mass is 10.1. The number of carbonyl (C=O) groups is 2. The van der Waals surface area contributed by atoms with E-state index in [1.807, 2.05) is 0 Å². The SMILES string of the molecule is CC(=O)Nc1cc(C=O)cc2c1OCC2. The number of fused-ring (bicyclic) bond motifs is 1. The van der Waals surface area contributed by atoms with E-state index in [1.54, 1.807) is 12.1 Å². The number of rotatable bonds is 2. The summed E-state index contributed by atoms with van der Waals surface area (Å²) in [7, 11) is 0. The van der Waals surface area contributed by atoms with Gasteiger partial charge in [-0.15, -0.1) is 0 Å². The predicted octanol–water partition coefficient (Wildman–Crippen LogP) is 1.39. The van der Waals surface area contributed by atoms with Gasteiger partial charge >= 0.3 is 0 Å². The van der Waals surface area contributed by atoms with Gasteiger partial charge in [0.15, 0.2) is 0 Å². The molecule has 0 bridgehead atoms. The molecule has 1 aliphatic rings. The number of nitrogens with one attached hydrogen (secondary N) is 1. The monoisotopic (exact) mass is 205 g/mol. The van der Waals surface area contributed by atoms with Crippen molar-refractivity contribution in [2.24, 2.45) is 0 Å². The molecule has 78 valence electrons. The molecule has 4 heteroatoms. The van der Waals surface area contributed by atoms with E-state index in [2.05, 4.69) is 5.32 Å². The maximum absolute atomic E-state index is 11.0. The fraction of sp³-hybridized carbons (Fsp3) is 0.273. The lowest BCUT2D eigenvalue weighted by Gasteiger charge is -2.08. The molecule has 0 saturated carbocycles. The third-order valence-electron chi connectivity index (χ3n) is 2.25. The Kier molecular flexibility index (Phi) is 2.41. The summed E-state index contributed by atoms with van der Waals surface area (Å²) in [6, 6.07) is 3.42. The summed E-state index contributed by atoms with van der Waals surface area (Å²) in [6.45, 7) is 2.03. The normalized spacial score (nSPS) is 12.9. The van der Waals surface area contributed by atoms with Gasteiger partial charge in [-0.05, 0) is 12.1 Å². The summed E-state index contributed by atoms with van der Waals surface area (Å²) in [5.41, 5.74) is 2.12. The molecule has 0 spiro atoms. The van der Waals surface area contributed by atoms with Gasteiger partial charge in [0.25, 0.3) is 0 Å². The van der Waals surface area contributed by atoms with E-state index in [1.165, 1.54) is 6.92 Å². The second kappa shape index (κ2) is 3.73. The number of carbonyl (C=O) groups excluding carboxylic acids is 2. The van der Waals surface area contributed by atoms with Crippen molar-refractivity contribution >= 4 is 17.9 Å². The molecule has 0 fully saturated rings. The third kappa shape index (κ3) is 1.83. The van der Waals surface area contributed by atoms with E-state index in [0.29, 0.717) is 23.6 Å². The average molecular weight is 205 g/mol. The van der Waals surface area contributed by atoms with Gasteiger partial charge in [0.1, 0.15) is 12.0 Å². The fourth-order valence-corrected chi connectivity index (χ4v) is 1.68. The van der Waals surface area contributed by atoms with E-state index >= 15 is 0 Å². The first kappa shape index (κ1) is 9.71. The highest BCUT2D eigenvalue weighted by Gasteiger charge is 2.18. The number of benzene rings is 1. The van der Waals surface area contributed by atoms with Crippen LogP contribution in [0.3, 0.4) is 0 Å². The van der Waals surface area contributed by atoms with E-state index < -0.39 is 0 Å². The summed E-state index contributed by atoms with van der Waals surface area (Å²) in [5, 5.41) is 2.66. The molecule has 0 aromatic heterocycles. The minimum absolute atomic E-state index is 0.171. The largest absolute Gasteiger partial charge is 0.491 e. The topological polar surface area (TPSA) is 55.4 Å². The number of hydrogen-bond donors (Lipinski definition) is 1. The summed E-state index contributed by atoms with van der Waals surface area (Å²) in [6.07, 6.45) is 1.55. The zero-order valence-corrected chi connectivity index (χ0v) is 8.37. The fourth-order valence-electron chi connectivity index (χ4n) is 1.68. The highest BCUT2D eigenvalue weighted by Crippen LogP contribution is 2.34. The summed E-state index contributed by atoms with van der Waals surface area (Å²) in [4.78, 5) is 21.6. The molecule has 15 heavy (non-hydrogen) atoms. The minimum Gasteiger partial charge on any atom is -0.491 e. The number of ether oxygens (including phenoxy) is 1. The van der Waals surface area contributed by atoms with Gasteiger partial charge in [-0.1, -0.05) is 0 Å². The molecule has 2 rings (SSSR count). The Morgan fingerprint density at radius 2 is 2.33 bits per heavy atom. The van der Waals surface area contributed by atoms with E-state index in [-0.39, 0.29) is 5.91 Å². The van der Waals surface area contributed by atoms with Gasteiger partial charge in [-0.2, -0.15) is 0 Å². The Morgan fingerprint density at radius 3 is 3.00 bits per heavy atom. The minimum atomic E-state index is -0.171. The van der Waals surface area contributed by atoms with Crippen molar-refractivity contribution in [1.82, 2.24) is 0 Å². The van der Waals surface area contributed by atoms with Gasteiger partial charge < -0.3 is 10.1 Å². The van der Waals surface area contributed by atoms with Crippen molar-refractivity contribution in [3.8, 4) is 5.75 Å². The Hall–Kier alpha value is -1.84. The molecule has 1 heterocycles. The smallest absolute Gasteiger partial charge is 0.221 e. The lowest BCUT2D eigenvalue weighted by molar-refractivity contribution is -0.114. The van der Waals surface area contributed by atoms with Gasteiger partial charge in [-0.25, -0.2) is 0 Å². The zero-order chi connectivity index (χ0) is 10.8. The van der Waals surface area contributed by atoms with Crippen LogP contribution in [0.5, 0.6) is 5.75 Å². The average Bonchev–Trinajstić information content (AvgIpc) is 2.64. The quantitative estimate of drug-likeness (QED) is 0.742. The standard InChI is InChI=1S/C11H11NO3/c1-7(14)12-10-5-8(6-13)4-9-2-3-15-11(9)10/h4-6H,2-3H2,1H3,(H,12,14). The molecule has 0 atom stereocenters. The molecular formula is C11H11NO3. The van der Waals surface area contributed by atoms with Crippen LogP contribution in [0.25, 0.3) is 0 Å². The molecule has 1 N–H and O–H groups in total. The first-order chi connectivity index (χ1) is 7.20. The molecule has 1 aromatic carbocycles. The van der Waals surface area contributed by atoms with Crippen LogP contribution in [0.1, 0.15) is 22.8 Å². The zero-order valence-electron chi connectivity index (χ0n) is 8.37. The van der Waals surface area contributed by atoms with E-state index in [9.17, 15) is 9.59 Å². The van der Waals surface area contributed by atoms with Crippen LogP contribution >= 0.6 is 0 Å². The number of anilines is 1. The molecule has 1 aromatic rings. The summed E-state index contributed by atoms with van der Waals surface area (Å²) in [5.74, 6) is 0.520. The number of aldehydes is 1. The molecule has 0 unspecified atom stereocenters. The van der Waals surface area contributed by atoms with Crippen LogP contribution in [-0.2, 0) is 11.2 Å². The van der Waals surface area contributed by atoms with Gasteiger partial charge in [0, 0.05) is 24.5 Å². The van der Waals surface area contributed by atoms with Crippen molar-refractivity contribution < 1.29 is 14.3 Å². The van der Waals surface area contributed by atoms with E-state index in [0.717, 1.165) is 18.3 Å².